The molecule has 2 aromatic carbocycles. The molecule has 0 saturated carbocycles. The van der Waals surface area contributed by atoms with Gasteiger partial charge in [-0.15, -0.1) is 0 Å². The van der Waals surface area contributed by atoms with E-state index in [0.29, 0.717) is 31.6 Å². The van der Waals surface area contributed by atoms with Gasteiger partial charge in [0, 0.05) is 56.7 Å². The molecule has 5 rings (SSSR count). The number of fused-ring (bicyclic) bond motifs is 1. The predicted molar refractivity (Wildman–Crippen MR) is 144 cm³/mol. The van der Waals surface area contributed by atoms with E-state index in [4.69, 9.17) is 0 Å². The summed E-state index contributed by atoms with van der Waals surface area (Å²) in [4.78, 5) is 23.6. The summed E-state index contributed by atoms with van der Waals surface area (Å²) in [5.74, 6) is 0.135. The lowest BCUT2D eigenvalue weighted by molar-refractivity contribution is -0.143. The standard InChI is InChI=1S/C29H29F6N5O/c1-18-3-5-25(39-11-9-38(2)10-12-39)24-17-40(8-7-23(18)24)27(41)37-26-6-4-19(16-36-26)20-13-21(28(30,31)32)15-22(14-20)29(33,34)35/h3-6,13-16H,7-12,17H2,1-2H3,(H,36,37,41). The summed E-state index contributed by atoms with van der Waals surface area (Å²) in [6, 6.07) is 7.91. The van der Waals surface area contributed by atoms with Crippen LogP contribution in [0.2, 0.25) is 0 Å². The third-order valence-electron chi connectivity index (χ3n) is 7.67. The topological polar surface area (TPSA) is 51.7 Å². The average Bonchev–Trinajstić information content (AvgIpc) is 2.93. The van der Waals surface area contributed by atoms with Crippen molar-refractivity contribution in [3.05, 3.63) is 76.5 Å². The number of amides is 2. The van der Waals surface area contributed by atoms with Crippen molar-refractivity contribution in [2.24, 2.45) is 0 Å². The number of likely N-dealkylation sites (N-methyl/N-ethyl adjacent to an activating group) is 1. The molecule has 2 aliphatic heterocycles. The summed E-state index contributed by atoms with van der Waals surface area (Å²) in [7, 11) is 2.09. The molecular weight excluding hydrogens is 548 g/mol. The molecule has 0 unspecified atom stereocenters. The van der Waals surface area contributed by atoms with Crippen molar-refractivity contribution in [3.63, 3.8) is 0 Å². The lowest BCUT2D eigenvalue weighted by atomic mass is 9.93. The molecule has 1 N–H and O–H groups in total. The molecule has 0 bridgehead atoms. The van der Waals surface area contributed by atoms with Crippen LogP contribution in [0.5, 0.6) is 0 Å². The fourth-order valence-corrected chi connectivity index (χ4v) is 5.30. The third-order valence-corrected chi connectivity index (χ3v) is 7.67. The molecule has 3 aromatic rings. The normalized spacial score (nSPS) is 16.5. The Bertz CT molecular complexity index is 1400. The second kappa shape index (κ2) is 10.9. The third kappa shape index (κ3) is 6.27. The number of benzene rings is 2. The number of pyridine rings is 1. The van der Waals surface area contributed by atoms with Gasteiger partial charge in [-0.3, -0.25) is 5.32 Å². The zero-order chi connectivity index (χ0) is 29.5. The summed E-state index contributed by atoms with van der Waals surface area (Å²) < 4.78 is 79.5. The quantitative estimate of drug-likeness (QED) is 0.365. The van der Waals surface area contributed by atoms with E-state index >= 15 is 0 Å². The minimum absolute atomic E-state index is 0.0544. The SMILES string of the molecule is Cc1ccc(N2CCN(C)CC2)c2c1CCN(C(=O)Nc1ccc(-c3cc(C(F)(F)F)cc(C(F)(F)F)c3)cn1)C2. The Kier molecular flexibility index (Phi) is 7.62. The Hall–Kier alpha value is -3.80. The summed E-state index contributed by atoms with van der Waals surface area (Å²) >= 11 is 0. The molecule has 6 nitrogen and oxygen atoms in total. The first-order valence-electron chi connectivity index (χ1n) is 13.2. The maximum Gasteiger partial charge on any atom is 0.416 e. The van der Waals surface area contributed by atoms with Gasteiger partial charge in [-0.25, -0.2) is 9.78 Å². The number of alkyl halides is 6. The lowest BCUT2D eigenvalue weighted by Crippen LogP contribution is -2.46. The number of hydrogen-bond acceptors (Lipinski definition) is 4. The molecule has 1 fully saturated rings. The van der Waals surface area contributed by atoms with Crippen molar-refractivity contribution >= 4 is 17.5 Å². The summed E-state index contributed by atoms with van der Waals surface area (Å²) in [5, 5.41) is 2.71. The summed E-state index contributed by atoms with van der Waals surface area (Å²) in [6.45, 7) is 6.66. The highest BCUT2D eigenvalue weighted by molar-refractivity contribution is 5.89. The van der Waals surface area contributed by atoms with Gasteiger partial charge in [-0.1, -0.05) is 6.07 Å². The van der Waals surface area contributed by atoms with E-state index in [0.717, 1.165) is 43.6 Å². The van der Waals surface area contributed by atoms with E-state index in [9.17, 15) is 31.1 Å². The van der Waals surface area contributed by atoms with E-state index in [-0.39, 0.29) is 29.0 Å². The van der Waals surface area contributed by atoms with Crippen LogP contribution in [0.25, 0.3) is 11.1 Å². The van der Waals surface area contributed by atoms with Gasteiger partial charge in [0.05, 0.1) is 11.1 Å². The molecule has 1 saturated heterocycles. The second-order valence-electron chi connectivity index (χ2n) is 10.5. The number of anilines is 2. The van der Waals surface area contributed by atoms with Crippen molar-refractivity contribution in [1.29, 1.82) is 0 Å². The average molecular weight is 578 g/mol. The molecular formula is C29H29F6N5O. The Morgan fingerprint density at radius 2 is 1.49 bits per heavy atom. The van der Waals surface area contributed by atoms with Crippen molar-refractivity contribution < 1.29 is 31.1 Å². The molecule has 2 aliphatic rings. The number of carbonyl (C=O) groups excluding carboxylic acids is 1. The Balaban J connectivity index is 1.32. The number of nitrogens with zero attached hydrogens (tertiary/aromatic N) is 4. The number of aromatic nitrogens is 1. The molecule has 3 heterocycles. The highest BCUT2D eigenvalue weighted by Crippen LogP contribution is 2.39. The number of piperazine rings is 1. The van der Waals surface area contributed by atoms with Crippen molar-refractivity contribution in [2.75, 3.05) is 50.0 Å². The van der Waals surface area contributed by atoms with E-state index in [1.165, 1.54) is 23.3 Å². The number of aryl methyl sites for hydroxylation is 1. The lowest BCUT2D eigenvalue weighted by Gasteiger charge is -2.38. The van der Waals surface area contributed by atoms with Crippen LogP contribution in [0.15, 0.2) is 48.7 Å². The number of rotatable bonds is 3. The van der Waals surface area contributed by atoms with Crippen LogP contribution >= 0.6 is 0 Å². The van der Waals surface area contributed by atoms with Gasteiger partial charge in [0.15, 0.2) is 0 Å². The van der Waals surface area contributed by atoms with Crippen LogP contribution < -0.4 is 10.2 Å². The van der Waals surface area contributed by atoms with E-state index in [1.807, 2.05) is 0 Å². The van der Waals surface area contributed by atoms with Gasteiger partial charge >= 0.3 is 18.4 Å². The molecule has 218 valence electrons. The van der Waals surface area contributed by atoms with Crippen molar-refractivity contribution in [2.45, 2.75) is 32.2 Å². The first-order valence-corrected chi connectivity index (χ1v) is 13.2. The van der Waals surface area contributed by atoms with Crippen LogP contribution in [0.3, 0.4) is 0 Å². The zero-order valence-electron chi connectivity index (χ0n) is 22.5. The first-order chi connectivity index (χ1) is 19.3. The molecule has 2 amide bonds. The van der Waals surface area contributed by atoms with Gasteiger partial charge in [0.2, 0.25) is 0 Å². The predicted octanol–water partition coefficient (Wildman–Crippen LogP) is 6.44. The molecule has 0 spiro atoms. The Labute approximate surface area is 233 Å². The molecule has 0 atom stereocenters. The van der Waals surface area contributed by atoms with Crippen LogP contribution in [0, 0.1) is 6.92 Å². The van der Waals surface area contributed by atoms with Gasteiger partial charge < -0.3 is 14.7 Å². The van der Waals surface area contributed by atoms with E-state index in [2.05, 4.69) is 46.2 Å². The van der Waals surface area contributed by atoms with Gasteiger partial charge in [0.1, 0.15) is 5.82 Å². The van der Waals surface area contributed by atoms with Crippen molar-refractivity contribution in [3.8, 4) is 11.1 Å². The largest absolute Gasteiger partial charge is 0.416 e. The molecule has 0 aliphatic carbocycles. The minimum atomic E-state index is -4.95. The minimum Gasteiger partial charge on any atom is -0.369 e. The number of nitrogens with one attached hydrogen (secondary N) is 1. The highest BCUT2D eigenvalue weighted by atomic mass is 19.4. The van der Waals surface area contributed by atoms with E-state index < -0.39 is 23.5 Å². The molecule has 41 heavy (non-hydrogen) atoms. The molecule has 12 heteroatoms. The maximum atomic E-state index is 13.3. The monoisotopic (exact) mass is 577 g/mol. The molecule has 0 radical (unpaired) electrons. The van der Waals surface area contributed by atoms with Crippen LogP contribution in [-0.4, -0.2) is 60.6 Å². The summed E-state index contributed by atoms with van der Waals surface area (Å²) in [6.07, 6.45) is -8.06. The van der Waals surface area contributed by atoms with Gasteiger partial charge in [0.25, 0.3) is 0 Å². The fraction of sp³-hybridized carbons (Fsp3) is 0.379. The highest BCUT2D eigenvalue weighted by Gasteiger charge is 2.37. The number of urea groups is 1. The Morgan fingerprint density at radius 1 is 0.829 bits per heavy atom. The number of halogens is 6. The number of hydrogen-bond donors (Lipinski definition) is 1. The van der Waals surface area contributed by atoms with E-state index in [1.54, 1.807) is 4.90 Å². The van der Waals surface area contributed by atoms with Crippen LogP contribution in [0.1, 0.15) is 27.8 Å². The Morgan fingerprint density at radius 3 is 2.07 bits per heavy atom. The van der Waals surface area contributed by atoms with Crippen LogP contribution in [-0.2, 0) is 25.3 Å². The smallest absolute Gasteiger partial charge is 0.369 e. The fourth-order valence-electron chi connectivity index (χ4n) is 5.30. The maximum absolute atomic E-state index is 13.3. The second-order valence-corrected chi connectivity index (χ2v) is 10.5. The summed E-state index contributed by atoms with van der Waals surface area (Å²) in [5.41, 5.74) is 1.62. The first kappa shape index (κ1) is 28.7. The van der Waals surface area contributed by atoms with Crippen molar-refractivity contribution in [1.82, 2.24) is 14.8 Å². The van der Waals surface area contributed by atoms with Gasteiger partial charge in [-0.2, -0.15) is 26.3 Å². The molecule has 1 aromatic heterocycles. The number of carbonyl (C=O) groups is 1. The van der Waals surface area contributed by atoms with Gasteiger partial charge in [-0.05, 0) is 79.0 Å². The zero-order valence-corrected chi connectivity index (χ0v) is 22.5. The van der Waals surface area contributed by atoms with Crippen LogP contribution in [0.4, 0.5) is 42.6 Å².